The van der Waals surface area contributed by atoms with E-state index >= 15 is 0 Å². The normalized spacial score (nSPS) is 18.6. The first kappa shape index (κ1) is 56.9. The van der Waals surface area contributed by atoms with Crippen LogP contribution in [0.5, 0.6) is 0 Å². The van der Waals surface area contributed by atoms with Crippen molar-refractivity contribution < 1.29 is 4.42 Å². The van der Waals surface area contributed by atoms with Gasteiger partial charge in [-0.2, -0.15) is 0 Å². The van der Waals surface area contributed by atoms with E-state index in [1.165, 1.54) is 140 Å². The van der Waals surface area contributed by atoms with Gasteiger partial charge in [0.25, 0.3) is 6.71 Å². The van der Waals surface area contributed by atoms with Crippen LogP contribution in [0.4, 0.5) is 45.5 Å². The Hall–Kier alpha value is -7.54. The molecule has 1 aliphatic carbocycles. The largest absolute Gasteiger partial charge is 0.454 e. The van der Waals surface area contributed by atoms with Crippen molar-refractivity contribution in [1.29, 1.82) is 0 Å². The summed E-state index contributed by atoms with van der Waals surface area (Å²) in [6, 6.07) is 64.8. The molecule has 5 heterocycles. The van der Waals surface area contributed by atoms with Gasteiger partial charge < -0.3 is 19.1 Å². The fourth-order valence-corrected chi connectivity index (χ4v) is 17.1. The van der Waals surface area contributed by atoms with Crippen molar-refractivity contribution in [2.45, 2.75) is 181 Å². The summed E-state index contributed by atoms with van der Waals surface area (Å²) < 4.78 is 9.97. The maximum Gasteiger partial charge on any atom is 0.252 e. The topological polar surface area (TPSA) is 22.9 Å². The second kappa shape index (κ2) is 19.0. The third kappa shape index (κ3) is 8.42. The van der Waals surface area contributed by atoms with E-state index in [0.717, 1.165) is 34.0 Å². The minimum absolute atomic E-state index is 0.00107. The van der Waals surface area contributed by atoms with E-state index in [0.29, 0.717) is 0 Å². The van der Waals surface area contributed by atoms with Crippen molar-refractivity contribution in [3.63, 3.8) is 0 Å². The summed E-state index contributed by atoms with van der Waals surface area (Å²) in [5.74, 6) is 0. The van der Waals surface area contributed by atoms with Gasteiger partial charge in [-0.15, -0.1) is 11.3 Å². The molecule has 88 heavy (non-hydrogen) atoms. The number of nitrogens with zero attached hydrogens (tertiary/aromatic N) is 3. The third-order valence-electron chi connectivity index (χ3n) is 21.4. The van der Waals surface area contributed by atoms with E-state index in [1.807, 2.05) is 11.3 Å². The van der Waals surface area contributed by atoms with Gasteiger partial charge in [-0.1, -0.05) is 215 Å². The highest BCUT2D eigenvalue weighted by Gasteiger charge is 2.58. The van der Waals surface area contributed by atoms with E-state index in [4.69, 9.17) is 4.42 Å². The van der Waals surface area contributed by atoms with Gasteiger partial charge in [0.1, 0.15) is 5.58 Å². The zero-order chi connectivity index (χ0) is 61.7. The summed E-state index contributed by atoms with van der Waals surface area (Å²) in [6.07, 6.45) is 4.73. The van der Waals surface area contributed by atoms with Crippen LogP contribution in [0.25, 0.3) is 53.2 Å². The number of benzene rings is 9. The molecule has 0 spiro atoms. The first-order chi connectivity index (χ1) is 41.5. The van der Waals surface area contributed by atoms with Gasteiger partial charge in [-0.25, -0.2) is 0 Å². The van der Waals surface area contributed by atoms with E-state index < -0.39 is 0 Å². The third-order valence-corrected chi connectivity index (χ3v) is 22.6. The SMILES string of the molecule is CC(C)(C)c1ccc(N2c3cc(C(C)(C)C)cc4c3B(c3ccc(N5c6ccc(C(C)(C)C)cc6C6(C)CCCCC56C)cc3N4c3cccc4c3oc3ccc(C(C)(C)C)cc34)c3ccc4c(sc5ccc(C(C)(C)C)cc54)c32)c(-c2ccccc2)c1. The Balaban J connectivity index is 1.08. The lowest BCUT2D eigenvalue weighted by Crippen LogP contribution is -2.61. The maximum atomic E-state index is 7.34. The highest BCUT2D eigenvalue weighted by atomic mass is 32.1. The van der Waals surface area contributed by atoms with Crippen molar-refractivity contribution in [2.24, 2.45) is 0 Å². The molecule has 2 atom stereocenters. The summed E-state index contributed by atoms with van der Waals surface area (Å²) in [7, 11) is 0. The molecule has 2 aromatic heterocycles. The van der Waals surface area contributed by atoms with Crippen molar-refractivity contribution in [1.82, 2.24) is 0 Å². The molecule has 9 aromatic carbocycles. The van der Waals surface area contributed by atoms with E-state index in [-0.39, 0.29) is 44.7 Å². The van der Waals surface area contributed by atoms with Crippen molar-refractivity contribution in [3.8, 4) is 11.1 Å². The summed E-state index contributed by atoms with van der Waals surface area (Å²) >= 11 is 1.96. The fourth-order valence-electron chi connectivity index (χ4n) is 15.9. The molecule has 0 amide bonds. The summed E-state index contributed by atoms with van der Waals surface area (Å²) in [4.78, 5) is 8.17. The van der Waals surface area contributed by atoms with Crippen molar-refractivity contribution in [3.05, 3.63) is 197 Å². The highest BCUT2D eigenvalue weighted by Crippen LogP contribution is 2.62. The zero-order valence-electron chi connectivity index (χ0n) is 55.2. The lowest BCUT2D eigenvalue weighted by Gasteiger charge is -2.50. The molecular formula is C82H86BN3OS. The molecule has 4 aliphatic rings. The van der Waals surface area contributed by atoms with Gasteiger partial charge in [0.2, 0.25) is 0 Å². The fraction of sp³-hybridized carbons (Fsp3) is 0.341. The number of thiophene rings is 1. The average molecular weight is 1170 g/mol. The van der Waals surface area contributed by atoms with E-state index in [1.54, 1.807) is 0 Å². The molecule has 6 heteroatoms. The van der Waals surface area contributed by atoms with Crippen LogP contribution >= 0.6 is 11.3 Å². The van der Waals surface area contributed by atoms with Crippen molar-refractivity contribution in [2.75, 3.05) is 14.7 Å². The highest BCUT2D eigenvalue weighted by molar-refractivity contribution is 7.26. The van der Waals surface area contributed by atoms with Gasteiger partial charge in [0, 0.05) is 65.7 Å². The number of rotatable bonds is 4. The number of fused-ring (bicyclic) bond motifs is 14. The molecule has 0 bridgehead atoms. The van der Waals surface area contributed by atoms with Crippen LogP contribution < -0.4 is 31.1 Å². The van der Waals surface area contributed by atoms with Gasteiger partial charge in [0.15, 0.2) is 5.58 Å². The second-order valence-electron chi connectivity index (χ2n) is 32.2. The molecule has 1 saturated carbocycles. The molecule has 0 N–H and O–H groups in total. The van der Waals surface area contributed by atoms with Gasteiger partial charge in [-0.3, -0.25) is 0 Å². The lowest BCUT2D eigenvalue weighted by molar-refractivity contribution is 0.195. The number of para-hydroxylation sites is 1. The minimum atomic E-state index is -0.230. The minimum Gasteiger partial charge on any atom is -0.454 e. The summed E-state index contributed by atoms with van der Waals surface area (Å²) in [6.45, 7) is 40.3. The molecule has 444 valence electrons. The predicted molar refractivity (Wildman–Crippen MR) is 382 cm³/mol. The van der Waals surface area contributed by atoms with Gasteiger partial charge >= 0.3 is 0 Å². The van der Waals surface area contributed by atoms with Crippen LogP contribution in [-0.4, -0.2) is 12.3 Å². The Morgan fingerprint density at radius 1 is 0.443 bits per heavy atom. The monoisotopic (exact) mass is 1170 g/mol. The maximum absolute atomic E-state index is 7.34. The van der Waals surface area contributed by atoms with Gasteiger partial charge in [-0.05, 0) is 175 Å². The van der Waals surface area contributed by atoms with E-state index in [2.05, 4.69) is 296 Å². The molecular weight excluding hydrogens is 1090 g/mol. The molecule has 11 aromatic rings. The number of hydrogen-bond donors (Lipinski definition) is 0. The Kier molecular flexibility index (Phi) is 12.3. The first-order valence-electron chi connectivity index (χ1n) is 32.6. The smallest absolute Gasteiger partial charge is 0.252 e. The summed E-state index contributed by atoms with van der Waals surface area (Å²) in [5, 5.41) is 4.92. The quantitative estimate of drug-likeness (QED) is 0.164. The van der Waals surface area contributed by atoms with Crippen LogP contribution in [-0.2, 0) is 32.5 Å². The Bertz CT molecular complexity index is 4720. The number of anilines is 8. The molecule has 3 aliphatic heterocycles. The second-order valence-corrected chi connectivity index (χ2v) is 33.2. The molecule has 4 nitrogen and oxygen atoms in total. The van der Waals surface area contributed by atoms with Crippen LogP contribution in [0.2, 0.25) is 0 Å². The van der Waals surface area contributed by atoms with Gasteiger partial charge in [0.05, 0.1) is 27.3 Å². The standard InChI is InChI=1S/C82H86BN3OS/c1-76(2,3)50-28-36-64(58(42-50)49-24-19-18-20-25-49)85-69-47-54(80(13,14)15)46-68-72(69)83(63-35-33-57-60-44-52(78(7,8)9)31-39-71(60)88-75(57)73(63)85)62-34-32-55(86-65-37-29-53(79(10,11)12)45-61(65)81(16)40-21-22-41-82(81,86)17)48-67(62)84(68)66-27-23-26-56-59-43-51(77(4,5)6)30-38-70(59)87-74(56)66/h18-20,23-39,42-48H,21-22,40-41H2,1-17H3. The van der Waals surface area contributed by atoms with Crippen molar-refractivity contribution >= 4 is 122 Å². The Morgan fingerprint density at radius 3 is 1.74 bits per heavy atom. The Morgan fingerprint density at radius 2 is 1.05 bits per heavy atom. The zero-order valence-corrected chi connectivity index (χ0v) is 56.0. The molecule has 1 fully saturated rings. The number of furan rings is 1. The summed E-state index contributed by atoms with van der Waals surface area (Å²) in [5.41, 5.74) is 25.5. The molecule has 2 unspecified atom stereocenters. The Labute approximate surface area is 527 Å². The molecule has 0 radical (unpaired) electrons. The van der Waals surface area contributed by atoms with Crippen LogP contribution in [0, 0.1) is 0 Å². The number of hydrogen-bond acceptors (Lipinski definition) is 5. The van der Waals surface area contributed by atoms with Crippen LogP contribution in [0.3, 0.4) is 0 Å². The lowest BCUT2D eigenvalue weighted by atomic mass is 9.33. The van der Waals surface area contributed by atoms with Crippen LogP contribution in [0.15, 0.2) is 168 Å². The van der Waals surface area contributed by atoms with Crippen LogP contribution in [0.1, 0.15) is 177 Å². The average Bonchev–Trinajstić information content (AvgIpc) is 1.11. The first-order valence-corrected chi connectivity index (χ1v) is 33.4. The van der Waals surface area contributed by atoms with E-state index in [9.17, 15) is 0 Å². The molecule has 0 saturated heterocycles. The predicted octanol–water partition coefficient (Wildman–Crippen LogP) is 21.9. The molecule has 15 rings (SSSR count).